The first-order valence-corrected chi connectivity index (χ1v) is 8.62. The van der Waals surface area contributed by atoms with Crippen molar-refractivity contribution >= 4 is 35.3 Å². The van der Waals surface area contributed by atoms with Gasteiger partial charge in [-0.05, 0) is 45.0 Å². The average molecular weight is 380 g/mol. The van der Waals surface area contributed by atoms with E-state index >= 15 is 0 Å². The molecule has 7 nitrogen and oxygen atoms in total. The van der Waals surface area contributed by atoms with Gasteiger partial charge in [0.2, 0.25) is 0 Å². The molecule has 4 rings (SSSR count). The van der Waals surface area contributed by atoms with Gasteiger partial charge >= 0.3 is 11.8 Å². The van der Waals surface area contributed by atoms with Gasteiger partial charge in [0.1, 0.15) is 6.10 Å². The molecule has 2 atom stereocenters. The number of hydrogen-bond donors (Lipinski definition) is 1. The normalized spacial score (nSPS) is 25.1. The maximum Gasteiger partial charge on any atom is 0.423 e. The van der Waals surface area contributed by atoms with Crippen molar-refractivity contribution in [2.24, 2.45) is 0 Å². The number of benzene rings is 1. The third-order valence-corrected chi connectivity index (χ3v) is 5.59. The average Bonchev–Trinajstić information content (AvgIpc) is 2.97. The minimum Gasteiger partial charge on any atom is -0.445 e. The number of Topliss-reactive ketones (excluding diaryl/α,β-unsaturated/α-hetero) is 1. The number of nitrogens with one attached hydrogen (secondary N) is 1. The van der Waals surface area contributed by atoms with E-state index in [1.54, 1.807) is 18.2 Å². The molecular formula is C18H22ClN3O4. The molecule has 1 aromatic heterocycles. The molecule has 2 aliphatic heterocycles. The number of piperidine rings is 1. The number of ether oxygens (including phenoxy) is 1. The lowest BCUT2D eigenvalue weighted by molar-refractivity contribution is 0.0290. The van der Waals surface area contributed by atoms with E-state index in [1.807, 2.05) is 0 Å². The van der Waals surface area contributed by atoms with E-state index in [4.69, 9.17) is 4.74 Å². The summed E-state index contributed by atoms with van der Waals surface area (Å²) in [5, 5.41) is 0. The highest BCUT2D eigenvalue weighted by molar-refractivity contribution is 5.98. The van der Waals surface area contributed by atoms with Crippen LogP contribution in [0.15, 0.2) is 23.0 Å². The second-order valence-corrected chi connectivity index (χ2v) is 7.08. The topological polar surface area (TPSA) is 84.4 Å². The van der Waals surface area contributed by atoms with Crippen LogP contribution >= 0.6 is 12.4 Å². The summed E-state index contributed by atoms with van der Waals surface area (Å²) >= 11 is 0. The second-order valence-electron chi connectivity index (χ2n) is 7.08. The van der Waals surface area contributed by atoms with Gasteiger partial charge in [0.05, 0.1) is 11.0 Å². The van der Waals surface area contributed by atoms with Crippen LogP contribution in [-0.4, -0.2) is 51.6 Å². The largest absolute Gasteiger partial charge is 0.445 e. The first-order chi connectivity index (χ1) is 11.9. The molecule has 8 heteroatoms. The molecule has 1 aromatic carbocycles. The van der Waals surface area contributed by atoms with Crippen molar-refractivity contribution in [1.82, 2.24) is 14.5 Å². The minimum atomic E-state index is -0.675. The maximum atomic E-state index is 12.6. The van der Waals surface area contributed by atoms with Gasteiger partial charge in [0, 0.05) is 30.5 Å². The monoisotopic (exact) mass is 379 g/mol. The molecule has 2 fully saturated rings. The molecule has 2 bridgehead atoms. The summed E-state index contributed by atoms with van der Waals surface area (Å²) < 4.78 is 6.63. The van der Waals surface area contributed by atoms with Crippen molar-refractivity contribution in [3.05, 3.63) is 34.2 Å². The van der Waals surface area contributed by atoms with Gasteiger partial charge in [-0.2, -0.15) is 4.57 Å². The number of nitrogens with zero attached hydrogens (tertiary/aromatic N) is 2. The summed E-state index contributed by atoms with van der Waals surface area (Å²) in [4.78, 5) is 41.4. The van der Waals surface area contributed by atoms with Crippen LogP contribution in [0.5, 0.6) is 0 Å². The van der Waals surface area contributed by atoms with Crippen molar-refractivity contribution in [3.63, 3.8) is 0 Å². The van der Waals surface area contributed by atoms with Gasteiger partial charge in [-0.1, -0.05) is 0 Å². The molecule has 3 heterocycles. The summed E-state index contributed by atoms with van der Waals surface area (Å²) in [5.74, 6) is -0.123. The van der Waals surface area contributed by atoms with E-state index in [1.165, 1.54) is 6.92 Å². The number of ketones is 1. The Morgan fingerprint density at radius 1 is 1.19 bits per heavy atom. The Balaban J connectivity index is 0.00000196. The minimum absolute atomic E-state index is 0. The Kier molecular flexibility index (Phi) is 4.94. The zero-order valence-corrected chi connectivity index (χ0v) is 15.5. The van der Waals surface area contributed by atoms with Crippen molar-refractivity contribution < 1.29 is 14.3 Å². The van der Waals surface area contributed by atoms with E-state index in [0.717, 1.165) is 30.3 Å². The lowest BCUT2D eigenvalue weighted by atomic mass is 10.0. The van der Waals surface area contributed by atoms with Gasteiger partial charge in [-0.15, -0.1) is 12.4 Å². The Bertz CT molecular complexity index is 905. The molecule has 2 aliphatic rings. The highest BCUT2D eigenvalue weighted by atomic mass is 35.5. The van der Waals surface area contributed by atoms with E-state index in [9.17, 15) is 14.4 Å². The van der Waals surface area contributed by atoms with Crippen molar-refractivity contribution in [3.8, 4) is 0 Å². The first-order valence-electron chi connectivity index (χ1n) is 8.62. The molecule has 0 amide bonds. The highest BCUT2D eigenvalue weighted by Crippen LogP contribution is 2.35. The van der Waals surface area contributed by atoms with Gasteiger partial charge < -0.3 is 14.6 Å². The Labute approximate surface area is 156 Å². The van der Waals surface area contributed by atoms with E-state index in [2.05, 4.69) is 16.9 Å². The summed E-state index contributed by atoms with van der Waals surface area (Å²) in [5.41, 5.74) is 0.788. The van der Waals surface area contributed by atoms with E-state index in [0.29, 0.717) is 28.7 Å². The Hall–Kier alpha value is -2.12. The van der Waals surface area contributed by atoms with Crippen LogP contribution in [0.25, 0.3) is 11.0 Å². The van der Waals surface area contributed by atoms with E-state index in [-0.39, 0.29) is 24.3 Å². The molecule has 0 spiro atoms. The molecule has 0 radical (unpaired) electrons. The van der Waals surface area contributed by atoms with Crippen molar-refractivity contribution in [2.45, 2.75) is 50.8 Å². The number of hydrogen-bond acceptors (Lipinski definition) is 5. The fourth-order valence-corrected chi connectivity index (χ4v) is 4.16. The number of carbonyl (C=O) groups is 2. The fraction of sp³-hybridized carbons (Fsp3) is 0.500. The Morgan fingerprint density at radius 3 is 2.46 bits per heavy atom. The molecule has 26 heavy (non-hydrogen) atoms. The SMILES string of the molecule is CC(=O)c1ccc2[nH]c(=O)n(C(=O)OC3CC4CCC(C3)N4C)c2c1.Cl. The molecule has 2 saturated heterocycles. The van der Waals surface area contributed by atoms with Gasteiger partial charge in [-0.3, -0.25) is 4.79 Å². The third-order valence-electron chi connectivity index (χ3n) is 5.59. The Morgan fingerprint density at radius 2 is 1.85 bits per heavy atom. The van der Waals surface area contributed by atoms with Crippen LogP contribution in [0.3, 0.4) is 0 Å². The quantitative estimate of drug-likeness (QED) is 0.810. The molecule has 0 saturated carbocycles. The molecule has 2 unspecified atom stereocenters. The number of carbonyl (C=O) groups excluding carboxylic acids is 2. The van der Waals surface area contributed by atoms with Crippen molar-refractivity contribution in [2.75, 3.05) is 7.05 Å². The number of rotatable bonds is 2. The summed E-state index contributed by atoms with van der Waals surface area (Å²) in [6.07, 6.45) is 3.01. The molecule has 1 N–H and O–H groups in total. The summed E-state index contributed by atoms with van der Waals surface area (Å²) in [7, 11) is 2.12. The number of halogens is 1. The summed E-state index contributed by atoms with van der Waals surface area (Å²) in [6.45, 7) is 1.45. The summed E-state index contributed by atoms with van der Waals surface area (Å²) in [6, 6.07) is 5.70. The number of imidazole rings is 1. The van der Waals surface area contributed by atoms with Gasteiger partial charge in [0.25, 0.3) is 0 Å². The maximum absolute atomic E-state index is 12.6. The molecular weight excluding hydrogens is 358 g/mol. The number of fused-ring (bicyclic) bond motifs is 3. The zero-order chi connectivity index (χ0) is 17.7. The molecule has 0 aliphatic carbocycles. The van der Waals surface area contributed by atoms with E-state index < -0.39 is 11.8 Å². The van der Waals surface area contributed by atoms with Crippen LogP contribution in [0.2, 0.25) is 0 Å². The standard InChI is InChI=1S/C18H21N3O4.ClH/c1-10(22)11-3-6-15-16(7-11)21(17(23)19-15)18(24)25-14-8-12-4-5-13(9-14)20(12)2;/h3,6-7,12-14H,4-5,8-9H2,1-2H3,(H,19,23);1H. The first kappa shape index (κ1) is 18.7. The fourth-order valence-electron chi connectivity index (χ4n) is 4.16. The number of aromatic nitrogens is 2. The lowest BCUT2D eigenvalue weighted by Crippen LogP contribution is -2.44. The van der Waals surface area contributed by atoms with Crippen LogP contribution < -0.4 is 5.69 Å². The van der Waals surface area contributed by atoms with Gasteiger partial charge in [0.15, 0.2) is 5.78 Å². The van der Waals surface area contributed by atoms with Crippen LogP contribution in [0.4, 0.5) is 4.79 Å². The smallest absolute Gasteiger partial charge is 0.423 e. The van der Waals surface area contributed by atoms with Crippen LogP contribution in [0.1, 0.15) is 43.0 Å². The zero-order valence-electron chi connectivity index (χ0n) is 14.7. The highest BCUT2D eigenvalue weighted by Gasteiger charge is 2.40. The van der Waals surface area contributed by atoms with Gasteiger partial charge in [-0.25, -0.2) is 9.59 Å². The number of aromatic amines is 1. The van der Waals surface area contributed by atoms with Crippen molar-refractivity contribution in [1.29, 1.82) is 0 Å². The third kappa shape index (κ3) is 3.05. The predicted octanol–water partition coefficient (Wildman–Crippen LogP) is 2.56. The molecule has 2 aromatic rings. The van der Waals surface area contributed by atoms with Crippen LogP contribution in [-0.2, 0) is 4.74 Å². The number of H-pyrrole nitrogens is 1. The second kappa shape index (κ2) is 6.89. The molecule has 140 valence electrons. The predicted molar refractivity (Wildman–Crippen MR) is 99.3 cm³/mol. The van der Waals surface area contributed by atoms with Crippen LogP contribution in [0, 0.1) is 0 Å². The lowest BCUT2D eigenvalue weighted by Gasteiger charge is -2.35.